The average Bonchev–Trinajstić information content (AvgIpc) is 3.01. The summed E-state index contributed by atoms with van der Waals surface area (Å²) in [5.74, 6) is -0.139. The van der Waals surface area contributed by atoms with Crippen molar-refractivity contribution in [3.63, 3.8) is 0 Å². The van der Waals surface area contributed by atoms with Crippen LogP contribution < -0.4 is 11.1 Å². The van der Waals surface area contributed by atoms with E-state index < -0.39 is 5.54 Å². The highest BCUT2D eigenvalue weighted by Crippen LogP contribution is 2.20. The average molecular weight is 286 g/mol. The smallest absolute Gasteiger partial charge is 0.244 e. The largest absolute Gasteiger partial charge is 0.324 e. The van der Waals surface area contributed by atoms with Crippen LogP contribution in [0.15, 0.2) is 42.7 Å². The van der Waals surface area contributed by atoms with Gasteiger partial charge in [-0.2, -0.15) is 5.10 Å². The molecule has 3 N–H and O–H groups in total. The van der Waals surface area contributed by atoms with Gasteiger partial charge in [0.2, 0.25) is 5.91 Å². The van der Waals surface area contributed by atoms with Crippen LogP contribution in [0.25, 0.3) is 0 Å². The predicted octanol–water partition coefficient (Wildman–Crippen LogP) is 2.39. The van der Waals surface area contributed by atoms with Gasteiger partial charge < -0.3 is 11.1 Å². The number of para-hydroxylation sites is 1. The van der Waals surface area contributed by atoms with Crippen molar-refractivity contribution in [1.82, 2.24) is 9.78 Å². The first-order valence-corrected chi connectivity index (χ1v) is 7.24. The number of amides is 1. The molecule has 2 aromatic rings. The van der Waals surface area contributed by atoms with Gasteiger partial charge in [-0.1, -0.05) is 32.0 Å². The highest BCUT2D eigenvalue weighted by atomic mass is 16.2. The van der Waals surface area contributed by atoms with Crippen molar-refractivity contribution in [3.05, 3.63) is 48.3 Å². The van der Waals surface area contributed by atoms with Crippen LogP contribution in [-0.2, 0) is 11.3 Å². The lowest BCUT2D eigenvalue weighted by molar-refractivity contribution is -0.121. The van der Waals surface area contributed by atoms with Crippen molar-refractivity contribution in [1.29, 1.82) is 0 Å². The van der Waals surface area contributed by atoms with E-state index in [1.807, 2.05) is 55.1 Å². The SMILES string of the molecule is CCC(N)(CC)C(=O)Nc1ccccc1Cn1cccn1. The molecule has 1 amide bonds. The summed E-state index contributed by atoms with van der Waals surface area (Å²) in [5, 5.41) is 7.15. The minimum absolute atomic E-state index is 0.139. The number of anilines is 1. The third-order valence-corrected chi connectivity index (χ3v) is 3.87. The second kappa shape index (κ2) is 6.54. The fourth-order valence-electron chi connectivity index (χ4n) is 2.17. The van der Waals surface area contributed by atoms with Crippen LogP contribution in [0.5, 0.6) is 0 Å². The fourth-order valence-corrected chi connectivity index (χ4v) is 2.17. The molecular weight excluding hydrogens is 264 g/mol. The minimum Gasteiger partial charge on any atom is -0.324 e. The van der Waals surface area contributed by atoms with Crippen LogP contribution in [0.1, 0.15) is 32.3 Å². The maximum Gasteiger partial charge on any atom is 0.244 e. The molecule has 0 aliphatic rings. The van der Waals surface area contributed by atoms with Crippen molar-refractivity contribution in [2.75, 3.05) is 5.32 Å². The van der Waals surface area contributed by atoms with E-state index in [0.29, 0.717) is 19.4 Å². The quantitative estimate of drug-likeness (QED) is 0.856. The van der Waals surface area contributed by atoms with Gasteiger partial charge in [-0.3, -0.25) is 9.48 Å². The molecule has 0 bridgehead atoms. The molecule has 21 heavy (non-hydrogen) atoms. The highest BCUT2D eigenvalue weighted by Gasteiger charge is 2.30. The molecule has 1 heterocycles. The van der Waals surface area contributed by atoms with E-state index in [1.54, 1.807) is 6.20 Å². The molecule has 0 saturated carbocycles. The predicted molar refractivity (Wildman–Crippen MR) is 83.9 cm³/mol. The van der Waals surface area contributed by atoms with E-state index in [1.165, 1.54) is 0 Å². The van der Waals surface area contributed by atoms with Crippen molar-refractivity contribution in [2.45, 2.75) is 38.8 Å². The Kier molecular flexibility index (Phi) is 4.75. The van der Waals surface area contributed by atoms with Gasteiger partial charge in [0.1, 0.15) is 0 Å². The lowest BCUT2D eigenvalue weighted by atomic mass is 9.93. The number of benzene rings is 1. The van der Waals surface area contributed by atoms with Crippen molar-refractivity contribution in [2.24, 2.45) is 5.73 Å². The molecule has 5 heteroatoms. The Balaban J connectivity index is 2.19. The summed E-state index contributed by atoms with van der Waals surface area (Å²) in [6.45, 7) is 4.47. The van der Waals surface area contributed by atoms with E-state index in [-0.39, 0.29) is 5.91 Å². The second-order valence-corrected chi connectivity index (χ2v) is 5.18. The van der Waals surface area contributed by atoms with Crippen molar-refractivity contribution in [3.8, 4) is 0 Å². The van der Waals surface area contributed by atoms with E-state index in [2.05, 4.69) is 10.4 Å². The summed E-state index contributed by atoms with van der Waals surface area (Å²) in [6, 6.07) is 9.60. The van der Waals surface area contributed by atoms with E-state index in [4.69, 9.17) is 5.73 Å². The van der Waals surface area contributed by atoms with Gasteiger partial charge >= 0.3 is 0 Å². The van der Waals surface area contributed by atoms with Gasteiger partial charge in [0.15, 0.2) is 0 Å². The van der Waals surface area contributed by atoms with Gasteiger partial charge in [0.25, 0.3) is 0 Å². The van der Waals surface area contributed by atoms with Crippen LogP contribution in [0.4, 0.5) is 5.69 Å². The molecule has 5 nitrogen and oxygen atoms in total. The summed E-state index contributed by atoms with van der Waals surface area (Å²) < 4.78 is 1.82. The normalized spacial score (nSPS) is 11.4. The van der Waals surface area contributed by atoms with Gasteiger partial charge in [-0.05, 0) is 30.5 Å². The monoisotopic (exact) mass is 286 g/mol. The maximum atomic E-state index is 12.4. The number of nitrogens with one attached hydrogen (secondary N) is 1. The molecule has 1 aromatic carbocycles. The molecule has 2 rings (SSSR count). The highest BCUT2D eigenvalue weighted by molar-refractivity contribution is 5.98. The first-order valence-electron chi connectivity index (χ1n) is 7.24. The summed E-state index contributed by atoms with van der Waals surface area (Å²) in [5.41, 5.74) is 7.11. The Morgan fingerprint density at radius 3 is 2.62 bits per heavy atom. The zero-order chi connectivity index (χ0) is 15.3. The molecule has 0 radical (unpaired) electrons. The first kappa shape index (κ1) is 15.3. The molecule has 0 unspecified atom stereocenters. The molecule has 0 spiro atoms. The number of hydrogen-bond donors (Lipinski definition) is 2. The topological polar surface area (TPSA) is 72.9 Å². The number of aromatic nitrogens is 2. The van der Waals surface area contributed by atoms with Gasteiger partial charge in [0, 0.05) is 18.1 Å². The number of carbonyl (C=O) groups excluding carboxylic acids is 1. The summed E-state index contributed by atoms with van der Waals surface area (Å²) in [4.78, 5) is 12.4. The van der Waals surface area contributed by atoms with Crippen LogP contribution in [-0.4, -0.2) is 21.2 Å². The first-order chi connectivity index (χ1) is 10.1. The molecular formula is C16H22N4O. The molecule has 0 aliphatic carbocycles. The Hall–Kier alpha value is -2.14. The van der Waals surface area contributed by atoms with E-state index >= 15 is 0 Å². The van der Waals surface area contributed by atoms with Gasteiger partial charge in [-0.15, -0.1) is 0 Å². The van der Waals surface area contributed by atoms with Crippen molar-refractivity contribution < 1.29 is 4.79 Å². The second-order valence-electron chi connectivity index (χ2n) is 5.18. The van der Waals surface area contributed by atoms with Gasteiger partial charge in [-0.25, -0.2) is 0 Å². The Labute approximate surface area is 125 Å². The summed E-state index contributed by atoms with van der Waals surface area (Å²) in [6.07, 6.45) is 4.84. The Morgan fingerprint density at radius 2 is 2.00 bits per heavy atom. The lowest BCUT2D eigenvalue weighted by Crippen LogP contribution is -2.50. The molecule has 0 fully saturated rings. The number of nitrogens with two attached hydrogens (primary N) is 1. The summed E-state index contributed by atoms with van der Waals surface area (Å²) >= 11 is 0. The molecule has 0 saturated heterocycles. The molecule has 112 valence electrons. The van der Waals surface area contributed by atoms with Crippen LogP contribution >= 0.6 is 0 Å². The lowest BCUT2D eigenvalue weighted by Gasteiger charge is -2.25. The third kappa shape index (κ3) is 3.49. The third-order valence-electron chi connectivity index (χ3n) is 3.87. The van der Waals surface area contributed by atoms with Crippen LogP contribution in [0, 0.1) is 0 Å². The van der Waals surface area contributed by atoms with Gasteiger partial charge in [0.05, 0.1) is 12.1 Å². The molecule has 0 atom stereocenters. The standard InChI is InChI=1S/C16H22N4O/c1-3-16(17,4-2)15(21)19-14-9-6-5-8-13(14)12-20-11-7-10-18-20/h5-11H,3-4,12,17H2,1-2H3,(H,19,21). The fraction of sp³-hybridized carbons (Fsp3) is 0.375. The van der Waals surface area contributed by atoms with E-state index in [9.17, 15) is 4.79 Å². The number of nitrogens with zero attached hydrogens (tertiary/aromatic N) is 2. The maximum absolute atomic E-state index is 12.4. The minimum atomic E-state index is -0.821. The zero-order valence-corrected chi connectivity index (χ0v) is 12.5. The Bertz CT molecular complexity index is 588. The van der Waals surface area contributed by atoms with Crippen LogP contribution in [0.3, 0.4) is 0 Å². The molecule has 1 aromatic heterocycles. The zero-order valence-electron chi connectivity index (χ0n) is 12.5. The summed E-state index contributed by atoms with van der Waals surface area (Å²) in [7, 11) is 0. The number of rotatable bonds is 6. The van der Waals surface area contributed by atoms with Crippen molar-refractivity contribution >= 4 is 11.6 Å². The Morgan fingerprint density at radius 1 is 1.29 bits per heavy atom. The van der Waals surface area contributed by atoms with Crippen LogP contribution in [0.2, 0.25) is 0 Å². The number of hydrogen-bond acceptors (Lipinski definition) is 3. The van der Waals surface area contributed by atoms with E-state index in [0.717, 1.165) is 11.3 Å². The number of carbonyl (C=O) groups is 1. The molecule has 0 aliphatic heterocycles.